The first-order valence-electron chi connectivity index (χ1n) is 7.50. The zero-order chi connectivity index (χ0) is 13.1. The summed E-state index contributed by atoms with van der Waals surface area (Å²) in [6.45, 7) is 4.46. The van der Waals surface area contributed by atoms with Gasteiger partial charge in [-0.1, -0.05) is 12.1 Å². The highest BCUT2D eigenvalue weighted by atomic mass is 19.1. The van der Waals surface area contributed by atoms with E-state index in [0.29, 0.717) is 6.04 Å². The molecule has 1 saturated heterocycles. The third-order valence-electron chi connectivity index (χ3n) is 4.17. The molecule has 1 aliphatic carbocycles. The van der Waals surface area contributed by atoms with E-state index < -0.39 is 0 Å². The van der Waals surface area contributed by atoms with Gasteiger partial charge in [-0.15, -0.1) is 0 Å². The highest BCUT2D eigenvalue weighted by molar-refractivity contribution is 5.16. The first-order valence-corrected chi connectivity index (χ1v) is 7.50. The lowest BCUT2D eigenvalue weighted by molar-refractivity contribution is 0.232. The van der Waals surface area contributed by atoms with Gasteiger partial charge in [0.25, 0.3) is 0 Å². The van der Waals surface area contributed by atoms with Gasteiger partial charge in [0, 0.05) is 25.7 Å². The number of halogens is 1. The van der Waals surface area contributed by atoms with Gasteiger partial charge >= 0.3 is 0 Å². The molecule has 3 heteroatoms. The van der Waals surface area contributed by atoms with Crippen LogP contribution < -0.4 is 5.32 Å². The van der Waals surface area contributed by atoms with Crippen molar-refractivity contribution in [2.75, 3.05) is 19.6 Å². The van der Waals surface area contributed by atoms with Gasteiger partial charge < -0.3 is 5.32 Å². The summed E-state index contributed by atoms with van der Waals surface area (Å²) in [5.41, 5.74) is 1.22. The second kappa shape index (κ2) is 6.02. The predicted molar refractivity (Wildman–Crippen MR) is 75.4 cm³/mol. The lowest BCUT2D eigenvalue weighted by Crippen LogP contribution is -2.38. The quantitative estimate of drug-likeness (QED) is 0.848. The minimum Gasteiger partial charge on any atom is -0.313 e. The van der Waals surface area contributed by atoms with Gasteiger partial charge in [0.15, 0.2) is 0 Å². The minimum absolute atomic E-state index is 0.144. The van der Waals surface area contributed by atoms with Crippen LogP contribution in [0.2, 0.25) is 0 Å². The van der Waals surface area contributed by atoms with Crippen LogP contribution in [-0.2, 0) is 6.54 Å². The van der Waals surface area contributed by atoms with Crippen molar-refractivity contribution in [3.63, 3.8) is 0 Å². The molecule has 3 rings (SSSR count). The van der Waals surface area contributed by atoms with Crippen LogP contribution in [0.15, 0.2) is 24.3 Å². The third-order valence-corrected chi connectivity index (χ3v) is 4.17. The largest absolute Gasteiger partial charge is 0.313 e. The summed E-state index contributed by atoms with van der Waals surface area (Å²) in [4.78, 5) is 2.55. The van der Waals surface area contributed by atoms with Crippen molar-refractivity contribution in [3.05, 3.63) is 35.6 Å². The smallest absolute Gasteiger partial charge is 0.123 e. The monoisotopic (exact) mass is 262 g/mol. The standard InChI is InChI=1S/C16H23FN2/c17-15-7-5-14(6-8-15)11-19(10-13-3-4-13)12-16-2-1-9-18-16/h5-8,13,16,18H,1-4,9-12H2. The Morgan fingerprint density at radius 3 is 2.53 bits per heavy atom. The molecular weight excluding hydrogens is 239 g/mol. The SMILES string of the molecule is Fc1ccc(CN(CC2CC2)CC2CCCN2)cc1. The van der Waals surface area contributed by atoms with Gasteiger partial charge in [-0.25, -0.2) is 4.39 Å². The molecule has 1 aromatic rings. The number of hydrogen-bond donors (Lipinski definition) is 1. The van der Waals surface area contributed by atoms with Crippen molar-refractivity contribution in [2.24, 2.45) is 5.92 Å². The summed E-state index contributed by atoms with van der Waals surface area (Å²) < 4.78 is 12.9. The van der Waals surface area contributed by atoms with Gasteiger partial charge in [-0.2, -0.15) is 0 Å². The molecule has 1 aromatic carbocycles. The average molecular weight is 262 g/mol. The Morgan fingerprint density at radius 2 is 1.89 bits per heavy atom. The van der Waals surface area contributed by atoms with Gasteiger partial charge in [0.2, 0.25) is 0 Å². The fourth-order valence-electron chi connectivity index (χ4n) is 2.94. The van der Waals surface area contributed by atoms with Crippen molar-refractivity contribution in [1.29, 1.82) is 0 Å². The maximum Gasteiger partial charge on any atom is 0.123 e. The van der Waals surface area contributed by atoms with Gasteiger partial charge in [0.1, 0.15) is 5.82 Å². The highest BCUT2D eigenvalue weighted by Gasteiger charge is 2.26. The average Bonchev–Trinajstić information content (AvgIpc) is 3.06. The molecule has 104 valence electrons. The van der Waals surface area contributed by atoms with Crippen LogP contribution >= 0.6 is 0 Å². The molecule has 2 aliphatic rings. The number of benzene rings is 1. The second-order valence-corrected chi connectivity index (χ2v) is 6.06. The summed E-state index contributed by atoms with van der Waals surface area (Å²) >= 11 is 0. The molecule has 1 N–H and O–H groups in total. The molecule has 1 atom stereocenters. The Kier molecular flexibility index (Phi) is 4.14. The normalized spacial score (nSPS) is 23.2. The zero-order valence-electron chi connectivity index (χ0n) is 11.4. The summed E-state index contributed by atoms with van der Waals surface area (Å²) in [5.74, 6) is 0.761. The van der Waals surface area contributed by atoms with Crippen LogP contribution in [0.5, 0.6) is 0 Å². The van der Waals surface area contributed by atoms with E-state index in [1.807, 2.05) is 12.1 Å². The van der Waals surface area contributed by atoms with Crippen LogP contribution in [0.25, 0.3) is 0 Å². The molecule has 0 amide bonds. The molecule has 0 bridgehead atoms. The van der Waals surface area contributed by atoms with Crippen molar-refractivity contribution in [3.8, 4) is 0 Å². The van der Waals surface area contributed by atoms with Crippen LogP contribution in [-0.4, -0.2) is 30.6 Å². The molecule has 19 heavy (non-hydrogen) atoms. The van der Waals surface area contributed by atoms with Crippen LogP contribution in [0.3, 0.4) is 0 Å². The van der Waals surface area contributed by atoms with Gasteiger partial charge in [-0.05, 0) is 55.8 Å². The molecule has 2 fully saturated rings. The number of nitrogens with zero attached hydrogens (tertiary/aromatic N) is 1. The molecule has 1 saturated carbocycles. The molecule has 0 aromatic heterocycles. The molecule has 0 spiro atoms. The first kappa shape index (κ1) is 13.1. The van der Waals surface area contributed by atoms with E-state index in [1.54, 1.807) is 12.1 Å². The minimum atomic E-state index is -0.144. The van der Waals surface area contributed by atoms with E-state index in [2.05, 4.69) is 10.2 Å². The molecular formula is C16H23FN2. The van der Waals surface area contributed by atoms with E-state index >= 15 is 0 Å². The summed E-state index contributed by atoms with van der Waals surface area (Å²) in [5, 5.41) is 3.57. The molecule has 1 aliphatic heterocycles. The Hall–Kier alpha value is -0.930. The van der Waals surface area contributed by atoms with Gasteiger partial charge in [0.05, 0.1) is 0 Å². The fourth-order valence-corrected chi connectivity index (χ4v) is 2.94. The molecule has 2 nitrogen and oxygen atoms in total. The fraction of sp³-hybridized carbons (Fsp3) is 0.625. The lowest BCUT2D eigenvalue weighted by Gasteiger charge is -2.25. The van der Waals surface area contributed by atoms with Gasteiger partial charge in [-0.3, -0.25) is 4.90 Å². The summed E-state index contributed by atoms with van der Waals surface area (Å²) in [6.07, 6.45) is 5.37. The lowest BCUT2D eigenvalue weighted by atomic mass is 10.1. The van der Waals surface area contributed by atoms with E-state index in [-0.39, 0.29) is 5.82 Å². The Labute approximate surface area is 115 Å². The predicted octanol–water partition coefficient (Wildman–Crippen LogP) is 2.79. The van der Waals surface area contributed by atoms with Crippen LogP contribution in [0, 0.1) is 11.7 Å². The van der Waals surface area contributed by atoms with Crippen molar-refractivity contribution < 1.29 is 4.39 Å². The maximum absolute atomic E-state index is 12.9. The number of nitrogens with one attached hydrogen (secondary N) is 1. The van der Waals surface area contributed by atoms with E-state index in [0.717, 1.165) is 19.0 Å². The maximum atomic E-state index is 12.9. The second-order valence-electron chi connectivity index (χ2n) is 6.06. The van der Waals surface area contributed by atoms with Crippen molar-refractivity contribution in [2.45, 2.75) is 38.3 Å². The van der Waals surface area contributed by atoms with E-state index in [4.69, 9.17) is 0 Å². The molecule has 1 unspecified atom stereocenters. The third kappa shape index (κ3) is 4.02. The highest BCUT2D eigenvalue weighted by Crippen LogP contribution is 2.30. The van der Waals surface area contributed by atoms with E-state index in [1.165, 1.54) is 44.3 Å². The topological polar surface area (TPSA) is 15.3 Å². The van der Waals surface area contributed by atoms with Crippen molar-refractivity contribution >= 4 is 0 Å². The van der Waals surface area contributed by atoms with Crippen LogP contribution in [0.1, 0.15) is 31.2 Å². The Morgan fingerprint density at radius 1 is 1.11 bits per heavy atom. The van der Waals surface area contributed by atoms with Crippen molar-refractivity contribution in [1.82, 2.24) is 10.2 Å². The number of rotatable bonds is 6. The Bertz CT molecular complexity index is 394. The Balaban J connectivity index is 1.58. The van der Waals surface area contributed by atoms with Crippen LogP contribution in [0.4, 0.5) is 4.39 Å². The first-order chi connectivity index (χ1) is 9.29. The van der Waals surface area contributed by atoms with E-state index in [9.17, 15) is 4.39 Å². The molecule has 0 radical (unpaired) electrons. The molecule has 1 heterocycles. The summed E-state index contributed by atoms with van der Waals surface area (Å²) in [7, 11) is 0. The number of hydrogen-bond acceptors (Lipinski definition) is 2. The summed E-state index contributed by atoms with van der Waals surface area (Å²) in [6, 6.07) is 7.62. The zero-order valence-corrected chi connectivity index (χ0v) is 11.4.